The summed E-state index contributed by atoms with van der Waals surface area (Å²) in [6.07, 6.45) is 3.92. The molecule has 4 nitrogen and oxygen atoms in total. The van der Waals surface area contributed by atoms with Gasteiger partial charge in [-0.15, -0.1) is 0 Å². The van der Waals surface area contributed by atoms with Gasteiger partial charge in [-0.05, 0) is 41.0 Å². The van der Waals surface area contributed by atoms with Crippen LogP contribution in [0.1, 0.15) is 48.0 Å². The maximum atomic E-state index is 11.7. The van der Waals surface area contributed by atoms with Crippen LogP contribution in [-0.4, -0.2) is 24.1 Å². The highest BCUT2D eigenvalue weighted by Gasteiger charge is 2.17. The maximum Gasteiger partial charge on any atom is 0.334 e. The van der Waals surface area contributed by atoms with Crippen LogP contribution in [0.4, 0.5) is 0 Å². The predicted octanol–water partition coefficient (Wildman–Crippen LogP) is 3.17. The van der Waals surface area contributed by atoms with Gasteiger partial charge in [0, 0.05) is 11.1 Å². The summed E-state index contributed by atoms with van der Waals surface area (Å²) >= 11 is 0. The van der Waals surface area contributed by atoms with E-state index in [0.717, 1.165) is 6.42 Å². The minimum absolute atomic E-state index is 0.366. The van der Waals surface area contributed by atoms with E-state index in [4.69, 9.17) is 9.47 Å². The van der Waals surface area contributed by atoms with E-state index in [-0.39, 0.29) is 5.97 Å². The van der Waals surface area contributed by atoms with Gasteiger partial charge in [-0.3, -0.25) is 0 Å². The van der Waals surface area contributed by atoms with E-state index in [1.54, 1.807) is 46.8 Å². The Labute approximate surface area is 115 Å². The highest BCUT2D eigenvalue weighted by atomic mass is 16.6. The number of carbonyl (C=O) groups excluding carboxylic acids is 2. The first-order valence-electron chi connectivity index (χ1n) is 6.43. The van der Waals surface area contributed by atoms with Crippen LogP contribution in [0.3, 0.4) is 0 Å². The highest BCUT2D eigenvalue weighted by molar-refractivity contribution is 5.90. The molecule has 0 fully saturated rings. The molecule has 0 N–H and O–H groups in total. The van der Waals surface area contributed by atoms with Gasteiger partial charge < -0.3 is 9.47 Å². The van der Waals surface area contributed by atoms with Crippen LogP contribution in [0.25, 0.3) is 0 Å². The van der Waals surface area contributed by atoms with Crippen molar-refractivity contribution in [1.82, 2.24) is 0 Å². The maximum absolute atomic E-state index is 11.7. The van der Waals surface area contributed by atoms with E-state index in [2.05, 4.69) is 0 Å². The first-order valence-corrected chi connectivity index (χ1v) is 6.43. The summed E-state index contributed by atoms with van der Waals surface area (Å²) in [4.78, 5) is 23.2. The Bertz CT molecular complexity index is 383. The van der Waals surface area contributed by atoms with E-state index >= 15 is 0 Å². The van der Waals surface area contributed by atoms with Gasteiger partial charge in [-0.2, -0.15) is 0 Å². The van der Waals surface area contributed by atoms with Crippen LogP contribution in [0, 0.1) is 0 Å². The van der Waals surface area contributed by atoms with Crippen molar-refractivity contribution in [2.75, 3.05) is 6.61 Å². The number of ether oxygens (including phenoxy) is 2. The van der Waals surface area contributed by atoms with Crippen LogP contribution in [0.5, 0.6) is 0 Å². The van der Waals surface area contributed by atoms with Crippen LogP contribution < -0.4 is 0 Å². The molecule has 0 aliphatic heterocycles. The quantitative estimate of drug-likeness (QED) is 0.436. The van der Waals surface area contributed by atoms with Crippen LogP contribution in [0.15, 0.2) is 23.3 Å². The second kappa shape index (κ2) is 7.77. The molecular weight excluding hydrogens is 244 g/mol. The first-order chi connectivity index (χ1) is 8.67. The Hall–Kier alpha value is -1.58. The van der Waals surface area contributed by atoms with Gasteiger partial charge in [-0.25, -0.2) is 9.59 Å². The lowest BCUT2D eigenvalue weighted by molar-refractivity contribution is -0.149. The summed E-state index contributed by atoms with van der Waals surface area (Å²) in [5, 5.41) is 0. The summed E-state index contributed by atoms with van der Waals surface area (Å²) < 4.78 is 10.2. The molecule has 0 saturated heterocycles. The third-order valence-electron chi connectivity index (χ3n) is 2.06. The fraction of sp³-hybridized carbons (Fsp3) is 0.600. The molecule has 0 aromatic carbocycles. The van der Waals surface area contributed by atoms with Crippen molar-refractivity contribution in [1.29, 1.82) is 0 Å². The number of esters is 2. The van der Waals surface area contributed by atoms with Crippen molar-refractivity contribution >= 4 is 11.9 Å². The van der Waals surface area contributed by atoms with Gasteiger partial charge in [0.2, 0.25) is 0 Å². The Balaban J connectivity index is 4.59. The molecule has 0 amide bonds. The molecule has 0 aromatic rings. The van der Waals surface area contributed by atoms with E-state index < -0.39 is 11.6 Å². The van der Waals surface area contributed by atoms with Crippen molar-refractivity contribution in [2.45, 2.75) is 53.6 Å². The average molecular weight is 268 g/mol. The van der Waals surface area contributed by atoms with Gasteiger partial charge in [0.05, 0.1) is 6.61 Å². The summed E-state index contributed by atoms with van der Waals surface area (Å²) in [5.41, 5.74) is 0.374. The second-order valence-corrected chi connectivity index (χ2v) is 5.34. The van der Waals surface area contributed by atoms with Crippen molar-refractivity contribution in [2.24, 2.45) is 0 Å². The minimum atomic E-state index is -0.523. The number of hydrogen-bond acceptors (Lipinski definition) is 4. The monoisotopic (exact) mass is 268 g/mol. The third kappa shape index (κ3) is 8.19. The fourth-order valence-corrected chi connectivity index (χ4v) is 1.05. The summed E-state index contributed by atoms with van der Waals surface area (Å²) in [6.45, 7) is 11.0. The molecule has 0 aliphatic carbocycles. The van der Waals surface area contributed by atoms with Gasteiger partial charge in [0.25, 0.3) is 0 Å². The number of rotatable bonds is 5. The van der Waals surface area contributed by atoms with Crippen molar-refractivity contribution < 1.29 is 19.1 Å². The number of allylic oxidation sites excluding steroid dienone is 2. The minimum Gasteiger partial charge on any atom is -0.462 e. The van der Waals surface area contributed by atoms with E-state index in [9.17, 15) is 9.59 Å². The van der Waals surface area contributed by atoms with Gasteiger partial charge in [0.1, 0.15) is 5.60 Å². The topological polar surface area (TPSA) is 52.6 Å². The zero-order valence-electron chi connectivity index (χ0n) is 12.7. The van der Waals surface area contributed by atoms with E-state index in [1.807, 2.05) is 6.92 Å². The lowest BCUT2D eigenvalue weighted by atomic mass is 10.2. The SMILES string of the molecule is CCCOC(=O)/C(C)=C/C=C(\C)C(=O)OC(C)(C)C. The fourth-order valence-electron chi connectivity index (χ4n) is 1.05. The Morgan fingerprint density at radius 2 is 1.47 bits per heavy atom. The smallest absolute Gasteiger partial charge is 0.334 e. The van der Waals surface area contributed by atoms with Crippen LogP contribution in [0.2, 0.25) is 0 Å². The normalized spacial score (nSPS) is 13.2. The second-order valence-electron chi connectivity index (χ2n) is 5.34. The standard InChI is InChI=1S/C15H24O4/c1-7-10-18-13(16)11(2)8-9-12(3)14(17)19-15(4,5)6/h8-9H,7,10H2,1-6H3/b11-8+,12-9+. The Morgan fingerprint density at radius 1 is 1.00 bits per heavy atom. The largest absolute Gasteiger partial charge is 0.462 e. The molecule has 108 valence electrons. The van der Waals surface area contributed by atoms with Gasteiger partial charge in [-0.1, -0.05) is 19.1 Å². The van der Waals surface area contributed by atoms with Crippen molar-refractivity contribution in [3.63, 3.8) is 0 Å². The van der Waals surface area contributed by atoms with E-state index in [1.165, 1.54) is 0 Å². The molecule has 0 unspecified atom stereocenters. The lowest BCUT2D eigenvalue weighted by Gasteiger charge is -2.19. The molecule has 0 heterocycles. The number of hydrogen-bond donors (Lipinski definition) is 0. The molecule has 0 saturated carbocycles. The molecule has 19 heavy (non-hydrogen) atoms. The van der Waals surface area contributed by atoms with Crippen LogP contribution >= 0.6 is 0 Å². The summed E-state index contributed by atoms with van der Waals surface area (Å²) in [6, 6.07) is 0. The van der Waals surface area contributed by atoms with E-state index in [0.29, 0.717) is 17.8 Å². The van der Waals surface area contributed by atoms with Crippen molar-refractivity contribution in [3.8, 4) is 0 Å². The lowest BCUT2D eigenvalue weighted by Crippen LogP contribution is -2.24. The molecule has 0 spiro atoms. The predicted molar refractivity (Wildman–Crippen MR) is 74.6 cm³/mol. The summed E-state index contributed by atoms with van der Waals surface area (Å²) in [7, 11) is 0. The third-order valence-corrected chi connectivity index (χ3v) is 2.06. The molecule has 0 rings (SSSR count). The van der Waals surface area contributed by atoms with Gasteiger partial charge in [0.15, 0.2) is 0 Å². The first kappa shape index (κ1) is 17.4. The molecule has 0 aromatic heterocycles. The zero-order valence-corrected chi connectivity index (χ0v) is 12.7. The summed E-state index contributed by atoms with van der Waals surface area (Å²) in [5.74, 6) is -0.756. The van der Waals surface area contributed by atoms with Gasteiger partial charge >= 0.3 is 11.9 Å². The Kier molecular flexibility index (Phi) is 7.12. The van der Waals surface area contributed by atoms with Crippen molar-refractivity contribution in [3.05, 3.63) is 23.3 Å². The molecular formula is C15H24O4. The van der Waals surface area contributed by atoms with Crippen LogP contribution in [-0.2, 0) is 19.1 Å². The molecule has 0 aliphatic rings. The Morgan fingerprint density at radius 3 is 1.89 bits per heavy atom. The molecule has 4 heteroatoms. The highest BCUT2D eigenvalue weighted by Crippen LogP contribution is 2.11. The molecule has 0 radical (unpaired) electrons. The molecule has 0 atom stereocenters. The average Bonchev–Trinajstić information content (AvgIpc) is 2.30. The number of carbonyl (C=O) groups is 2. The molecule has 0 bridgehead atoms. The zero-order chi connectivity index (χ0) is 15.1.